The first-order valence-corrected chi connectivity index (χ1v) is 10.0. The lowest BCUT2D eigenvalue weighted by atomic mass is 9.96. The summed E-state index contributed by atoms with van der Waals surface area (Å²) in [6, 6.07) is 10.3. The number of hydrogen-bond donors (Lipinski definition) is 1. The Morgan fingerprint density at radius 1 is 1.11 bits per heavy atom. The Balaban J connectivity index is 1.64. The van der Waals surface area contributed by atoms with Crippen molar-refractivity contribution in [1.29, 1.82) is 0 Å². The summed E-state index contributed by atoms with van der Waals surface area (Å²) >= 11 is 3.53. The molecule has 0 unspecified atom stereocenters. The molecule has 1 amide bonds. The van der Waals surface area contributed by atoms with E-state index in [-0.39, 0.29) is 11.5 Å². The molecule has 0 atom stereocenters. The van der Waals surface area contributed by atoms with Gasteiger partial charge in [-0.3, -0.25) is 14.5 Å². The quantitative estimate of drug-likeness (QED) is 0.653. The normalized spacial score (nSPS) is 15.6. The van der Waals surface area contributed by atoms with Gasteiger partial charge in [-0.15, -0.1) is 0 Å². The topological polar surface area (TPSA) is 56.4 Å². The van der Waals surface area contributed by atoms with Gasteiger partial charge in [-0.1, -0.05) is 28.1 Å². The molecule has 5 nitrogen and oxygen atoms in total. The highest BCUT2D eigenvalue weighted by Crippen LogP contribution is 2.29. The van der Waals surface area contributed by atoms with Crippen LogP contribution in [0.2, 0.25) is 0 Å². The molecular weight excluding hydrogens is 406 g/mol. The first kappa shape index (κ1) is 18.2. The lowest BCUT2D eigenvalue weighted by Crippen LogP contribution is -2.48. The Morgan fingerprint density at radius 2 is 1.89 bits per heavy atom. The number of halogens is 1. The zero-order valence-electron chi connectivity index (χ0n) is 15.3. The molecular formula is C21H22BrN3O2. The van der Waals surface area contributed by atoms with Crippen molar-refractivity contribution in [2.75, 3.05) is 32.7 Å². The lowest BCUT2D eigenvalue weighted by molar-refractivity contribution is -0.130. The number of benzene rings is 2. The van der Waals surface area contributed by atoms with Crippen LogP contribution in [0.1, 0.15) is 12.5 Å². The Hall–Kier alpha value is -2.18. The Morgan fingerprint density at radius 3 is 2.63 bits per heavy atom. The summed E-state index contributed by atoms with van der Waals surface area (Å²) in [5.74, 6) is 0.158. The van der Waals surface area contributed by atoms with Gasteiger partial charge >= 0.3 is 0 Å². The predicted octanol–water partition coefficient (Wildman–Crippen LogP) is 3.15. The van der Waals surface area contributed by atoms with Crippen LogP contribution in [-0.4, -0.2) is 53.4 Å². The largest absolute Gasteiger partial charge is 0.340 e. The fourth-order valence-electron chi connectivity index (χ4n) is 3.93. The van der Waals surface area contributed by atoms with Crippen molar-refractivity contribution < 1.29 is 4.79 Å². The van der Waals surface area contributed by atoms with Gasteiger partial charge in [0.15, 0.2) is 0 Å². The second-order valence-corrected chi connectivity index (χ2v) is 8.01. The maximum Gasteiger partial charge on any atom is 0.256 e. The number of carbonyl (C=O) groups is 1. The monoisotopic (exact) mass is 427 g/mol. The zero-order chi connectivity index (χ0) is 19.0. The standard InChI is InChI=1S/C21H22BrN3O2/c1-14(26)25-10-8-24(9-11-25)7-5-15-12-16-4-6-23-21(27)20(16)19-13-17(22)2-3-18(15)19/h2-4,6,12-13H,5,7-11H2,1H3,(H,23,27). The highest BCUT2D eigenvalue weighted by atomic mass is 79.9. The van der Waals surface area contributed by atoms with Crippen LogP contribution in [0.5, 0.6) is 0 Å². The number of rotatable bonds is 3. The molecule has 6 heteroatoms. The van der Waals surface area contributed by atoms with E-state index < -0.39 is 0 Å². The molecule has 4 rings (SSSR count). The Labute approximate surface area is 166 Å². The van der Waals surface area contributed by atoms with Crippen molar-refractivity contribution in [3.05, 3.63) is 56.9 Å². The minimum Gasteiger partial charge on any atom is -0.340 e. The van der Waals surface area contributed by atoms with Gasteiger partial charge in [-0.25, -0.2) is 0 Å². The Kier molecular flexibility index (Phi) is 5.02. The minimum atomic E-state index is -0.0532. The number of carbonyl (C=O) groups excluding carboxylic acids is 1. The molecule has 1 saturated heterocycles. The summed E-state index contributed by atoms with van der Waals surface area (Å²) in [6.45, 7) is 6.02. The van der Waals surface area contributed by atoms with Gasteiger partial charge in [0.1, 0.15) is 0 Å². The van der Waals surface area contributed by atoms with Gasteiger partial charge < -0.3 is 9.88 Å². The summed E-state index contributed by atoms with van der Waals surface area (Å²) in [7, 11) is 0. The van der Waals surface area contributed by atoms with Crippen LogP contribution in [0.3, 0.4) is 0 Å². The maximum absolute atomic E-state index is 12.4. The summed E-state index contributed by atoms with van der Waals surface area (Å²) in [5, 5.41) is 3.83. The number of aromatic amines is 1. The molecule has 1 fully saturated rings. The number of H-pyrrole nitrogens is 1. The van der Waals surface area contributed by atoms with Gasteiger partial charge in [0.2, 0.25) is 5.91 Å². The van der Waals surface area contributed by atoms with Crippen LogP contribution >= 0.6 is 15.9 Å². The number of pyridine rings is 1. The van der Waals surface area contributed by atoms with E-state index in [0.717, 1.165) is 65.2 Å². The fraction of sp³-hybridized carbons (Fsp3) is 0.333. The van der Waals surface area contributed by atoms with Gasteiger partial charge in [-0.05, 0) is 46.3 Å². The molecule has 3 aromatic rings. The third kappa shape index (κ3) is 3.64. The number of nitrogens with zero attached hydrogens (tertiary/aromatic N) is 2. The van der Waals surface area contributed by atoms with E-state index in [9.17, 15) is 9.59 Å². The molecule has 0 radical (unpaired) electrons. The first-order chi connectivity index (χ1) is 13.0. The van der Waals surface area contributed by atoms with E-state index in [4.69, 9.17) is 0 Å². The maximum atomic E-state index is 12.4. The van der Waals surface area contributed by atoms with E-state index in [1.165, 1.54) is 5.56 Å². The SMILES string of the molecule is CC(=O)N1CCN(CCc2cc3cc[nH]c(=O)c3c3cc(Br)ccc23)CC1. The second-order valence-electron chi connectivity index (χ2n) is 7.09. The first-order valence-electron chi connectivity index (χ1n) is 9.23. The van der Waals surface area contributed by atoms with Gasteiger partial charge in [0.05, 0.1) is 5.39 Å². The predicted molar refractivity (Wildman–Crippen MR) is 112 cm³/mol. The molecule has 1 N–H and O–H groups in total. The number of nitrogens with one attached hydrogen (secondary N) is 1. The molecule has 140 valence electrons. The van der Waals surface area contributed by atoms with Crippen molar-refractivity contribution in [3.63, 3.8) is 0 Å². The molecule has 0 bridgehead atoms. The molecule has 0 aliphatic carbocycles. The van der Waals surface area contributed by atoms with Crippen molar-refractivity contribution in [3.8, 4) is 0 Å². The number of amides is 1. The molecule has 1 aromatic heterocycles. The van der Waals surface area contributed by atoms with Crippen molar-refractivity contribution in [1.82, 2.24) is 14.8 Å². The fourth-order valence-corrected chi connectivity index (χ4v) is 4.29. The molecule has 1 aliphatic rings. The van der Waals surface area contributed by atoms with Crippen LogP contribution in [0, 0.1) is 0 Å². The summed E-state index contributed by atoms with van der Waals surface area (Å²) in [5.41, 5.74) is 1.20. The van der Waals surface area contributed by atoms with Gasteiger partial charge in [0, 0.05) is 50.3 Å². The lowest BCUT2D eigenvalue weighted by Gasteiger charge is -2.34. The molecule has 27 heavy (non-hydrogen) atoms. The molecule has 2 aromatic carbocycles. The van der Waals surface area contributed by atoms with E-state index in [1.807, 2.05) is 23.1 Å². The third-order valence-electron chi connectivity index (χ3n) is 5.43. The molecule has 2 heterocycles. The highest BCUT2D eigenvalue weighted by Gasteiger charge is 2.18. The minimum absolute atomic E-state index is 0.0532. The van der Waals surface area contributed by atoms with Crippen LogP contribution < -0.4 is 5.56 Å². The van der Waals surface area contributed by atoms with Crippen LogP contribution in [0.4, 0.5) is 0 Å². The molecule has 0 saturated carbocycles. The van der Waals surface area contributed by atoms with Gasteiger partial charge in [0.25, 0.3) is 5.56 Å². The van der Waals surface area contributed by atoms with E-state index in [1.54, 1.807) is 13.1 Å². The van der Waals surface area contributed by atoms with Crippen molar-refractivity contribution in [2.45, 2.75) is 13.3 Å². The van der Waals surface area contributed by atoms with Crippen molar-refractivity contribution >= 4 is 43.4 Å². The second kappa shape index (κ2) is 7.44. The smallest absolute Gasteiger partial charge is 0.256 e. The van der Waals surface area contributed by atoms with E-state index in [0.29, 0.717) is 0 Å². The highest BCUT2D eigenvalue weighted by molar-refractivity contribution is 9.10. The Bertz CT molecular complexity index is 1070. The number of piperazine rings is 1. The number of hydrogen-bond acceptors (Lipinski definition) is 3. The summed E-state index contributed by atoms with van der Waals surface area (Å²) in [4.78, 5) is 31.0. The summed E-state index contributed by atoms with van der Waals surface area (Å²) < 4.78 is 0.969. The van der Waals surface area contributed by atoms with Gasteiger partial charge in [-0.2, -0.15) is 0 Å². The number of fused-ring (bicyclic) bond motifs is 3. The van der Waals surface area contributed by atoms with E-state index >= 15 is 0 Å². The van der Waals surface area contributed by atoms with Crippen molar-refractivity contribution in [2.24, 2.45) is 0 Å². The van der Waals surface area contributed by atoms with Crippen LogP contribution in [-0.2, 0) is 11.2 Å². The number of aromatic nitrogens is 1. The van der Waals surface area contributed by atoms with Crippen LogP contribution in [0.15, 0.2) is 45.8 Å². The summed E-state index contributed by atoms with van der Waals surface area (Å²) in [6.07, 6.45) is 2.63. The average Bonchev–Trinajstić information content (AvgIpc) is 2.66. The van der Waals surface area contributed by atoms with E-state index in [2.05, 4.69) is 37.9 Å². The molecule has 0 spiro atoms. The average molecular weight is 428 g/mol. The zero-order valence-corrected chi connectivity index (χ0v) is 16.9. The third-order valence-corrected chi connectivity index (χ3v) is 5.93. The van der Waals surface area contributed by atoms with Crippen LogP contribution in [0.25, 0.3) is 21.5 Å². The molecule has 1 aliphatic heterocycles.